The second-order valence-electron chi connectivity index (χ2n) is 1.53. The molecule has 0 atom stereocenters. The Labute approximate surface area is 57.9 Å². The number of carbonyl (C=O) groups is 1. The first-order valence-corrected chi connectivity index (χ1v) is 3.56. The van der Waals surface area contributed by atoms with Gasteiger partial charge in [0.2, 0.25) is 0 Å². The number of alkyl halides is 1. The van der Waals surface area contributed by atoms with Crippen LogP contribution in [0.25, 0.3) is 0 Å². The quantitative estimate of drug-likeness (QED) is 0.465. The van der Waals surface area contributed by atoms with E-state index in [1.807, 2.05) is 19.9 Å². The Bertz CT molecular complexity index is 116. The van der Waals surface area contributed by atoms with Gasteiger partial charge >= 0.3 is 0 Å². The summed E-state index contributed by atoms with van der Waals surface area (Å²) in [5, 5.41) is 0.434. The van der Waals surface area contributed by atoms with Crippen LogP contribution in [0.15, 0.2) is 11.6 Å². The predicted octanol–water partition coefficient (Wildman–Crippen LogP) is 1.92. The van der Waals surface area contributed by atoms with Crippen LogP contribution in [-0.4, -0.2) is 11.1 Å². The molecule has 0 aliphatic rings. The number of ketones is 1. The molecule has 0 aliphatic heterocycles. The lowest BCUT2D eigenvalue weighted by Crippen LogP contribution is -1.98. The van der Waals surface area contributed by atoms with Crippen molar-refractivity contribution in [2.45, 2.75) is 13.8 Å². The maximum Gasteiger partial charge on any atom is 0.168 e. The topological polar surface area (TPSA) is 17.1 Å². The molecular weight excluding hydrogens is 168 g/mol. The highest BCUT2D eigenvalue weighted by Gasteiger charge is 1.97. The van der Waals surface area contributed by atoms with Crippen molar-refractivity contribution in [3.63, 3.8) is 0 Å². The third-order valence-corrected chi connectivity index (χ3v) is 1.50. The molecule has 0 heterocycles. The second kappa shape index (κ2) is 3.84. The Morgan fingerprint density at radius 2 is 2.25 bits per heavy atom. The monoisotopic (exact) mass is 176 g/mol. The summed E-state index contributed by atoms with van der Waals surface area (Å²) < 4.78 is 0. The average molecular weight is 177 g/mol. The maximum absolute atomic E-state index is 10.6. The van der Waals surface area contributed by atoms with Crippen LogP contribution >= 0.6 is 15.9 Å². The van der Waals surface area contributed by atoms with E-state index in [9.17, 15) is 4.79 Å². The summed E-state index contributed by atoms with van der Waals surface area (Å²) in [5.74, 6) is 0.160. The molecule has 0 bridgehead atoms. The van der Waals surface area contributed by atoms with Crippen LogP contribution in [0, 0.1) is 0 Å². The Morgan fingerprint density at radius 3 is 2.38 bits per heavy atom. The Morgan fingerprint density at radius 1 is 1.75 bits per heavy atom. The standard InChI is InChI=1S/C6H9BrO/c1-3-5(2)6(8)4-7/h3H,4H2,1-2H3/b5-3+. The van der Waals surface area contributed by atoms with Gasteiger partial charge in [0.05, 0.1) is 5.33 Å². The molecule has 0 amide bonds. The molecule has 0 aliphatic carbocycles. The molecule has 0 spiro atoms. The van der Waals surface area contributed by atoms with E-state index in [0.717, 1.165) is 5.57 Å². The number of allylic oxidation sites excluding steroid dienone is 2. The van der Waals surface area contributed by atoms with Crippen LogP contribution in [0.3, 0.4) is 0 Å². The van der Waals surface area contributed by atoms with Crippen molar-refractivity contribution >= 4 is 21.7 Å². The average Bonchev–Trinajstić information content (AvgIpc) is 1.84. The minimum Gasteiger partial charge on any atom is -0.294 e. The van der Waals surface area contributed by atoms with Gasteiger partial charge in [0.15, 0.2) is 5.78 Å². The molecule has 0 aromatic carbocycles. The fraction of sp³-hybridized carbons (Fsp3) is 0.500. The Balaban J connectivity index is 3.83. The van der Waals surface area contributed by atoms with Crippen molar-refractivity contribution in [2.24, 2.45) is 0 Å². The summed E-state index contributed by atoms with van der Waals surface area (Å²) in [5.41, 5.74) is 0.821. The normalized spacial score (nSPS) is 11.6. The second-order valence-corrected chi connectivity index (χ2v) is 2.09. The molecule has 0 saturated carbocycles. The molecule has 0 aromatic heterocycles. The summed E-state index contributed by atoms with van der Waals surface area (Å²) in [4.78, 5) is 10.6. The summed E-state index contributed by atoms with van der Waals surface area (Å²) in [6.07, 6.45) is 1.81. The van der Waals surface area contributed by atoms with Crippen molar-refractivity contribution in [1.29, 1.82) is 0 Å². The van der Waals surface area contributed by atoms with Gasteiger partial charge in [-0.2, -0.15) is 0 Å². The van der Waals surface area contributed by atoms with Gasteiger partial charge in [-0.1, -0.05) is 22.0 Å². The lowest BCUT2D eigenvalue weighted by molar-refractivity contribution is -0.113. The predicted molar refractivity (Wildman–Crippen MR) is 38.2 cm³/mol. The molecule has 0 N–H and O–H groups in total. The van der Waals surface area contributed by atoms with Crippen molar-refractivity contribution < 1.29 is 4.79 Å². The van der Waals surface area contributed by atoms with Gasteiger partial charge in [-0.3, -0.25) is 4.79 Å². The minimum absolute atomic E-state index is 0.160. The van der Waals surface area contributed by atoms with E-state index in [1.165, 1.54) is 0 Å². The van der Waals surface area contributed by atoms with Crippen molar-refractivity contribution in [3.8, 4) is 0 Å². The molecule has 2 heteroatoms. The maximum atomic E-state index is 10.6. The van der Waals surface area contributed by atoms with Crippen molar-refractivity contribution in [3.05, 3.63) is 11.6 Å². The highest BCUT2D eigenvalue weighted by molar-refractivity contribution is 9.09. The van der Waals surface area contributed by atoms with Gasteiger partial charge in [-0.25, -0.2) is 0 Å². The number of halogens is 1. The number of hydrogen-bond acceptors (Lipinski definition) is 1. The summed E-state index contributed by atoms with van der Waals surface area (Å²) in [6.45, 7) is 3.67. The largest absolute Gasteiger partial charge is 0.294 e. The molecule has 0 aromatic rings. The number of hydrogen-bond donors (Lipinski definition) is 0. The smallest absolute Gasteiger partial charge is 0.168 e. The molecular formula is C6H9BrO. The third-order valence-electron chi connectivity index (χ3n) is 0.994. The Kier molecular flexibility index (Phi) is 3.79. The van der Waals surface area contributed by atoms with E-state index in [2.05, 4.69) is 15.9 Å². The molecule has 8 heavy (non-hydrogen) atoms. The zero-order valence-corrected chi connectivity index (χ0v) is 6.66. The van der Waals surface area contributed by atoms with E-state index in [4.69, 9.17) is 0 Å². The van der Waals surface area contributed by atoms with Crippen LogP contribution in [-0.2, 0) is 4.79 Å². The van der Waals surface area contributed by atoms with E-state index < -0.39 is 0 Å². The Hall–Kier alpha value is -0.110. The minimum atomic E-state index is 0.160. The lowest BCUT2D eigenvalue weighted by Gasteiger charge is -1.90. The summed E-state index contributed by atoms with van der Waals surface area (Å²) in [7, 11) is 0. The fourth-order valence-corrected chi connectivity index (χ4v) is 0.709. The van der Waals surface area contributed by atoms with Gasteiger partial charge in [-0.15, -0.1) is 0 Å². The van der Waals surface area contributed by atoms with E-state index >= 15 is 0 Å². The van der Waals surface area contributed by atoms with Crippen LogP contribution < -0.4 is 0 Å². The highest BCUT2D eigenvalue weighted by Crippen LogP contribution is 1.95. The lowest BCUT2D eigenvalue weighted by atomic mass is 10.2. The van der Waals surface area contributed by atoms with Crippen LogP contribution in [0.1, 0.15) is 13.8 Å². The molecule has 0 unspecified atom stereocenters. The van der Waals surface area contributed by atoms with E-state index in [1.54, 1.807) is 0 Å². The summed E-state index contributed by atoms with van der Waals surface area (Å²) >= 11 is 3.07. The van der Waals surface area contributed by atoms with Crippen molar-refractivity contribution in [2.75, 3.05) is 5.33 Å². The van der Waals surface area contributed by atoms with E-state index in [0.29, 0.717) is 5.33 Å². The van der Waals surface area contributed by atoms with Gasteiger partial charge in [0.25, 0.3) is 0 Å². The SMILES string of the molecule is C/C=C(\C)C(=O)CBr. The number of rotatable bonds is 2. The number of carbonyl (C=O) groups excluding carboxylic acids is 1. The summed E-state index contributed by atoms with van der Waals surface area (Å²) in [6, 6.07) is 0. The fourth-order valence-electron chi connectivity index (χ4n) is 0.266. The molecule has 1 nitrogen and oxygen atoms in total. The molecule has 0 fully saturated rings. The first-order chi connectivity index (χ1) is 3.72. The molecule has 46 valence electrons. The van der Waals surface area contributed by atoms with Crippen molar-refractivity contribution in [1.82, 2.24) is 0 Å². The molecule has 0 saturated heterocycles. The zero-order chi connectivity index (χ0) is 6.57. The van der Waals surface area contributed by atoms with Gasteiger partial charge in [0, 0.05) is 0 Å². The first-order valence-electron chi connectivity index (χ1n) is 2.44. The van der Waals surface area contributed by atoms with Gasteiger partial charge in [-0.05, 0) is 19.4 Å². The van der Waals surface area contributed by atoms with Crippen LogP contribution in [0.4, 0.5) is 0 Å². The number of Topliss-reactive ketones (excluding diaryl/α,β-unsaturated/α-hetero) is 1. The molecule has 0 rings (SSSR count). The van der Waals surface area contributed by atoms with Crippen LogP contribution in [0.5, 0.6) is 0 Å². The van der Waals surface area contributed by atoms with Gasteiger partial charge < -0.3 is 0 Å². The van der Waals surface area contributed by atoms with Gasteiger partial charge in [0.1, 0.15) is 0 Å². The highest BCUT2D eigenvalue weighted by atomic mass is 79.9. The zero-order valence-electron chi connectivity index (χ0n) is 5.07. The van der Waals surface area contributed by atoms with Crippen LogP contribution in [0.2, 0.25) is 0 Å². The molecule has 0 radical (unpaired) electrons. The van der Waals surface area contributed by atoms with E-state index in [-0.39, 0.29) is 5.78 Å². The first kappa shape index (κ1) is 7.89. The third kappa shape index (κ3) is 2.26.